The number of carbonyl (C=O) groups excluding carboxylic acids is 2. The zero-order valence-electron chi connectivity index (χ0n) is 21.3. The van der Waals surface area contributed by atoms with Crippen molar-refractivity contribution in [3.05, 3.63) is 35.9 Å². The fraction of sp³-hybridized carbons (Fsp3) is 0.667. The van der Waals surface area contributed by atoms with Crippen molar-refractivity contribution in [2.75, 3.05) is 6.26 Å². The van der Waals surface area contributed by atoms with E-state index in [1.165, 1.54) is 0 Å². The lowest BCUT2D eigenvalue weighted by Gasteiger charge is -2.28. The molecule has 0 spiro atoms. The molecule has 1 aromatic carbocycles. The minimum absolute atomic E-state index is 0.0296. The van der Waals surface area contributed by atoms with Gasteiger partial charge in [0.25, 0.3) is 0 Å². The largest absolute Gasteiger partial charge is 0.460 e. The van der Waals surface area contributed by atoms with Crippen LogP contribution in [0.15, 0.2) is 30.3 Å². The zero-order valence-corrected chi connectivity index (χ0v) is 22.9. The standard InChI is InChI=1S/C24H39ClN2O7S/c1-16(2)21(27-23(30)33-15-17-10-8-7-9-11-17)22(29)26-18(14-19(25)35(6,31)32)12-13-20(28)34-24(3,4)5/h7-11,16,18-19,21,23,27,30H,12-15H2,1-6H3,(H,26,29)/t18-,19?,21?,23?/m0/s1. The molecule has 0 bridgehead atoms. The van der Waals surface area contributed by atoms with Gasteiger partial charge in [0.2, 0.25) is 12.3 Å². The van der Waals surface area contributed by atoms with Crippen LogP contribution in [0.5, 0.6) is 0 Å². The predicted molar refractivity (Wildman–Crippen MR) is 135 cm³/mol. The number of esters is 1. The van der Waals surface area contributed by atoms with Gasteiger partial charge in [-0.1, -0.05) is 44.2 Å². The number of hydrogen-bond donors (Lipinski definition) is 3. The first kappa shape index (κ1) is 31.3. The Balaban J connectivity index is 2.83. The predicted octanol–water partition coefficient (Wildman–Crippen LogP) is 2.70. The van der Waals surface area contributed by atoms with Gasteiger partial charge in [-0.3, -0.25) is 14.9 Å². The van der Waals surface area contributed by atoms with Crippen LogP contribution in [0.1, 0.15) is 59.4 Å². The molecule has 0 radical (unpaired) electrons. The molecule has 0 saturated heterocycles. The fourth-order valence-corrected chi connectivity index (χ4v) is 3.94. The third-order valence-corrected chi connectivity index (χ3v) is 7.19. The molecule has 200 valence electrons. The van der Waals surface area contributed by atoms with Gasteiger partial charge in [-0.15, -0.1) is 11.6 Å². The van der Waals surface area contributed by atoms with Gasteiger partial charge >= 0.3 is 5.97 Å². The van der Waals surface area contributed by atoms with Crippen LogP contribution in [-0.2, 0) is 35.5 Å². The van der Waals surface area contributed by atoms with Crippen molar-refractivity contribution in [3.8, 4) is 0 Å². The van der Waals surface area contributed by atoms with Gasteiger partial charge in [0.05, 0.1) is 12.6 Å². The molecule has 9 nitrogen and oxygen atoms in total. The van der Waals surface area contributed by atoms with E-state index in [1.807, 2.05) is 30.3 Å². The molecule has 0 aromatic heterocycles. The summed E-state index contributed by atoms with van der Waals surface area (Å²) in [6.45, 7) is 8.95. The molecule has 3 unspecified atom stereocenters. The van der Waals surface area contributed by atoms with Crippen LogP contribution in [0.2, 0.25) is 0 Å². The lowest BCUT2D eigenvalue weighted by atomic mass is 10.0. The lowest BCUT2D eigenvalue weighted by Crippen LogP contribution is -2.54. The number of sulfone groups is 1. The Morgan fingerprint density at radius 2 is 1.74 bits per heavy atom. The van der Waals surface area contributed by atoms with E-state index in [1.54, 1.807) is 34.6 Å². The molecular weight excluding hydrogens is 496 g/mol. The van der Waals surface area contributed by atoms with E-state index >= 15 is 0 Å². The number of ether oxygens (including phenoxy) is 2. The van der Waals surface area contributed by atoms with E-state index in [2.05, 4.69) is 10.6 Å². The van der Waals surface area contributed by atoms with Crippen LogP contribution in [0.4, 0.5) is 0 Å². The topological polar surface area (TPSA) is 131 Å². The molecule has 11 heteroatoms. The van der Waals surface area contributed by atoms with Gasteiger partial charge < -0.3 is 19.9 Å². The number of aliphatic hydroxyl groups excluding tert-OH is 1. The maximum atomic E-state index is 13.1. The molecule has 3 N–H and O–H groups in total. The number of aliphatic hydroxyl groups is 1. The van der Waals surface area contributed by atoms with Crippen molar-refractivity contribution in [3.63, 3.8) is 0 Å². The SMILES string of the molecule is CC(C)C(NC(O)OCc1ccccc1)C(=O)N[C@@H](CCC(=O)OC(C)(C)C)CC(Cl)S(C)(=O)=O. The quantitative estimate of drug-likeness (QED) is 0.189. The van der Waals surface area contributed by atoms with Crippen LogP contribution < -0.4 is 10.6 Å². The third-order valence-electron chi connectivity index (χ3n) is 4.92. The highest BCUT2D eigenvalue weighted by Crippen LogP contribution is 2.18. The highest BCUT2D eigenvalue weighted by Gasteiger charge is 2.30. The molecule has 0 aliphatic carbocycles. The van der Waals surface area contributed by atoms with E-state index in [-0.39, 0.29) is 31.8 Å². The van der Waals surface area contributed by atoms with Crippen LogP contribution >= 0.6 is 11.6 Å². The molecule has 1 amide bonds. The number of benzene rings is 1. The normalized spacial score (nSPS) is 15.8. The zero-order chi connectivity index (χ0) is 26.8. The molecular formula is C24H39ClN2O7S. The Hall–Kier alpha value is -1.72. The van der Waals surface area contributed by atoms with E-state index in [0.29, 0.717) is 0 Å². The Morgan fingerprint density at radius 3 is 2.26 bits per heavy atom. The molecule has 0 heterocycles. The smallest absolute Gasteiger partial charge is 0.306 e. The summed E-state index contributed by atoms with van der Waals surface area (Å²) in [5.41, 5.74) is 0.190. The van der Waals surface area contributed by atoms with E-state index in [0.717, 1.165) is 11.8 Å². The Kier molecular flexibility index (Phi) is 12.6. The molecule has 0 fully saturated rings. The Morgan fingerprint density at radius 1 is 1.14 bits per heavy atom. The molecule has 35 heavy (non-hydrogen) atoms. The van der Waals surface area contributed by atoms with Gasteiger partial charge in [0.15, 0.2) is 9.84 Å². The molecule has 0 saturated carbocycles. The van der Waals surface area contributed by atoms with E-state index in [4.69, 9.17) is 21.1 Å². The molecule has 1 rings (SSSR count). The van der Waals surface area contributed by atoms with Crippen molar-refractivity contribution in [2.45, 2.75) is 89.3 Å². The van der Waals surface area contributed by atoms with Crippen molar-refractivity contribution in [1.29, 1.82) is 0 Å². The van der Waals surface area contributed by atoms with Gasteiger partial charge in [-0.2, -0.15) is 0 Å². The van der Waals surface area contributed by atoms with Crippen molar-refractivity contribution < 1.29 is 32.6 Å². The van der Waals surface area contributed by atoms with Crippen molar-refractivity contribution >= 4 is 33.3 Å². The summed E-state index contributed by atoms with van der Waals surface area (Å²) >= 11 is 6.05. The van der Waals surface area contributed by atoms with E-state index < -0.39 is 50.5 Å². The second-order valence-corrected chi connectivity index (χ2v) is 12.9. The summed E-state index contributed by atoms with van der Waals surface area (Å²) in [4.78, 5) is 25.2. The average Bonchev–Trinajstić information content (AvgIpc) is 2.72. The van der Waals surface area contributed by atoms with E-state index in [9.17, 15) is 23.1 Å². The number of amides is 1. The molecule has 0 aliphatic heterocycles. The monoisotopic (exact) mass is 534 g/mol. The number of hydrogen-bond acceptors (Lipinski definition) is 8. The Labute approximate surface area is 213 Å². The first-order chi connectivity index (χ1) is 16.1. The van der Waals surface area contributed by atoms with Gasteiger partial charge in [-0.25, -0.2) is 8.42 Å². The second-order valence-electron chi connectivity index (χ2n) is 9.84. The molecule has 1 aromatic rings. The first-order valence-corrected chi connectivity index (χ1v) is 13.9. The minimum Gasteiger partial charge on any atom is -0.460 e. The van der Waals surface area contributed by atoms with Gasteiger partial charge in [0, 0.05) is 18.7 Å². The van der Waals surface area contributed by atoms with Gasteiger partial charge in [-0.05, 0) is 45.1 Å². The number of carbonyl (C=O) groups is 2. The van der Waals surface area contributed by atoms with Crippen LogP contribution in [0.3, 0.4) is 0 Å². The summed E-state index contributed by atoms with van der Waals surface area (Å²) < 4.78 is 33.2. The fourth-order valence-electron chi connectivity index (χ4n) is 3.15. The average molecular weight is 535 g/mol. The molecule has 0 aliphatic rings. The highest BCUT2D eigenvalue weighted by atomic mass is 35.5. The van der Waals surface area contributed by atoms with Crippen molar-refractivity contribution in [2.24, 2.45) is 5.92 Å². The highest BCUT2D eigenvalue weighted by molar-refractivity contribution is 7.92. The summed E-state index contributed by atoms with van der Waals surface area (Å²) in [7, 11) is -3.57. The van der Waals surface area contributed by atoms with Crippen LogP contribution in [0.25, 0.3) is 0 Å². The number of rotatable bonds is 14. The molecule has 4 atom stereocenters. The number of halogens is 1. The number of nitrogens with one attached hydrogen (secondary N) is 2. The minimum atomic E-state index is -3.57. The maximum absolute atomic E-state index is 13.1. The maximum Gasteiger partial charge on any atom is 0.306 e. The third kappa shape index (κ3) is 13.2. The van der Waals surface area contributed by atoms with Crippen LogP contribution in [-0.4, -0.2) is 60.5 Å². The first-order valence-electron chi connectivity index (χ1n) is 11.5. The van der Waals surface area contributed by atoms with Crippen LogP contribution in [0, 0.1) is 5.92 Å². The summed E-state index contributed by atoms with van der Waals surface area (Å²) in [6.07, 6.45) is -0.385. The second kappa shape index (κ2) is 14.1. The summed E-state index contributed by atoms with van der Waals surface area (Å²) in [5, 5.41) is 15.8. The lowest BCUT2D eigenvalue weighted by molar-refractivity contribution is -0.155. The summed E-state index contributed by atoms with van der Waals surface area (Å²) in [6, 6.07) is 7.69. The summed E-state index contributed by atoms with van der Waals surface area (Å²) in [5.74, 6) is -1.18. The Bertz CT molecular complexity index is 904. The van der Waals surface area contributed by atoms with Gasteiger partial charge in [0.1, 0.15) is 10.3 Å². The number of alkyl halides is 1. The van der Waals surface area contributed by atoms with Crippen molar-refractivity contribution in [1.82, 2.24) is 10.6 Å².